The fraction of sp³-hybridized carbons (Fsp3) is 0.462. The van der Waals surface area contributed by atoms with Crippen molar-refractivity contribution < 1.29 is 4.79 Å². The Morgan fingerprint density at radius 1 is 1.27 bits per heavy atom. The van der Waals surface area contributed by atoms with Gasteiger partial charge in [0, 0.05) is 6.42 Å². The van der Waals surface area contributed by atoms with Crippen molar-refractivity contribution in [2.45, 2.75) is 31.1 Å². The van der Waals surface area contributed by atoms with Gasteiger partial charge in [0.1, 0.15) is 0 Å². The molecular formula is C13H15ClO. The van der Waals surface area contributed by atoms with Crippen LogP contribution < -0.4 is 0 Å². The average molecular weight is 223 g/mol. The number of alkyl halides is 1. The van der Waals surface area contributed by atoms with Gasteiger partial charge in [-0.05, 0) is 30.7 Å². The highest BCUT2D eigenvalue weighted by molar-refractivity contribution is 6.31. The van der Waals surface area contributed by atoms with Gasteiger partial charge in [0.05, 0.1) is 5.38 Å². The molecule has 1 aliphatic rings. The normalized spacial score (nSPS) is 26.6. The second-order valence-electron chi connectivity index (χ2n) is 4.26. The average Bonchev–Trinajstić information content (AvgIpc) is 2.25. The third kappa shape index (κ3) is 2.82. The van der Waals surface area contributed by atoms with Gasteiger partial charge >= 0.3 is 0 Å². The SMILES string of the molecule is O=C1CCC(Cc2ccccc2)CC1Cl. The molecule has 80 valence electrons. The lowest BCUT2D eigenvalue weighted by atomic mass is 9.84. The number of benzene rings is 1. The third-order valence-corrected chi connectivity index (χ3v) is 3.48. The first-order chi connectivity index (χ1) is 7.25. The number of ketones is 1. The summed E-state index contributed by atoms with van der Waals surface area (Å²) in [6.45, 7) is 0. The number of carbonyl (C=O) groups excluding carboxylic acids is 1. The summed E-state index contributed by atoms with van der Waals surface area (Å²) in [4.78, 5) is 11.3. The summed E-state index contributed by atoms with van der Waals surface area (Å²) in [5, 5.41) is -0.243. The minimum atomic E-state index is -0.243. The van der Waals surface area contributed by atoms with E-state index in [1.54, 1.807) is 0 Å². The van der Waals surface area contributed by atoms with Crippen LogP contribution in [0.25, 0.3) is 0 Å². The van der Waals surface area contributed by atoms with Crippen LogP contribution in [0.4, 0.5) is 0 Å². The molecule has 1 saturated carbocycles. The lowest BCUT2D eigenvalue weighted by molar-refractivity contribution is -0.120. The van der Waals surface area contributed by atoms with Crippen LogP contribution in [0.5, 0.6) is 0 Å². The van der Waals surface area contributed by atoms with Gasteiger partial charge in [-0.15, -0.1) is 11.6 Å². The van der Waals surface area contributed by atoms with Gasteiger partial charge in [-0.25, -0.2) is 0 Å². The Morgan fingerprint density at radius 3 is 2.67 bits per heavy atom. The van der Waals surface area contributed by atoms with Gasteiger partial charge in [0.2, 0.25) is 0 Å². The molecule has 1 aromatic rings. The van der Waals surface area contributed by atoms with Crippen LogP contribution >= 0.6 is 11.6 Å². The van der Waals surface area contributed by atoms with Crippen molar-refractivity contribution in [3.05, 3.63) is 35.9 Å². The standard InChI is InChI=1S/C13H15ClO/c14-12-9-11(6-7-13(12)15)8-10-4-2-1-3-5-10/h1-5,11-12H,6-9H2. The second-order valence-corrected chi connectivity index (χ2v) is 4.79. The Hall–Kier alpha value is -0.820. The maximum Gasteiger partial charge on any atom is 0.150 e. The van der Waals surface area contributed by atoms with Crippen molar-refractivity contribution in [3.63, 3.8) is 0 Å². The summed E-state index contributed by atoms with van der Waals surface area (Å²) in [7, 11) is 0. The molecular weight excluding hydrogens is 208 g/mol. The minimum Gasteiger partial charge on any atom is -0.298 e. The van der Waals surface area contributed by atoms with Crippen molar-refractivity contribution in [3.8, 4) is 0 Å². The Labute approximate surface area is 95.4 Å². The molecule has 2 rings (SSSR count). The molecule has 2 unspecified atom stereocenters. The second kappa shape index (κ2) is 4.80. The zero-order valence-electron chi connectivity index (χ0n) is 8.66. The minimum absolute atomic E-state index is 0.223. The Balaban J connectivity index is 1.94. The summed E-state index contributed by atoms with van der Waals surface area (Å²) >= 11 is 5.98. The fourth-order valence-electron chi connectivity index (χ4n) is 2.18. The number of hydrogen-bond acceptors (Lipinski definition) is 1. The van der Waals surface area contributed by atoms with Crippen molar-refractivity contribution in [1.29, 1.82) is 0 Å². The van der Waals surface area contributed by atoms with Crippen LogP contribution in [0.1, 0.15) is 24.8 Å². The monoisotopic (exact) mass is 222 g/mol. The van der Waals surface area contributed by atoms with E-state index >= 15 is 0 Å². The molecule has 2 atom stereocenters. The summed E-state index contributed by atoms with van der Waals surface area (Å²) in [6.07, 6.45) is 3.55. The topological polar surface area (TPSA) is 17.1 Å². The van der Waals surface area contributed by atoms with Crippen LogP contribution in [-0.4, -0.2) is 11.2 Å². The first-order valence-electron chi connectivity index (χ1n) is 5.46. The molecule has 1 nitrogen and oxygen atoms in total. The predicted octanol–water partition coefficient (Wildman–Crippen LogP) is 3.21. The van der Waals surface area contributed by atoms with Crippen LogP contribution in [0.3, 0.4) is 0 Å². The van der Waals surface area contributed by atoms with Gasteiger partial charge in [0.15, 0.2) is 5.78 Å². The molecule has 0 aliphatic heterocycles. The van der Waals surface area contributed by atoms with Crippen LogP contribution in [0.15, 0.2) is 30.3 Å². The van der Waals surface area contributed by atoms with E-state index in [0.717, 1.165) is 19.3 Å². The van der Waals surface area contributed by atoms with E-state index in [9.17, 15) is 4.79 Å². The summed E-state index contributed by atoms with van der Waals surface area (Å²) < 4.78 is 0. The van der Waals surface area contributed by atoms with Crippen molar-refractivity contribution >= 4 is 17.4 Å². The molecule has 0 heterocycles. The largest absolute Gasteiger partial charge is 0.298 e. The van der Waals surface area contributed by atoms with Gasteiger partial charge in [-0.1, -0.05) is 30.3 Å². The number of rotatable bonds is 2. The maximum absolute atomic E-state index is 11.3. The van der Waals surface area contributed by atoms with E-state index in [-0.39, 0.29) is 11.2 Å². The number of hydrogen-bond donors (Lipinski definition) is 0. The van der Waals surface area contributed by atoms with E-state index in [0.29, 0.717) is 12.3 Å². The first kappa shape index (κ1) is 10.7. The number of Topliss-reactive ketones (excluding diaryl/α,β-unsaturated/α-hetero) is 1. The molecule has 0 bridgehead atoms. The molecule has 1 fully saturated rings. The van der Waals surface area contributed by atoms with Crippen molar-refractivity contribution in [2.24, 2.45) is 5.92 Å². The van der Waals surface area contributed by atoms with Crippen LogP contribution in [0, 0.1) is 5.92 Å². The highest BCUT2D eigenvalue weighted by Crippen LogP contribution is 2.28. The molecule has 1 aromatic carbocycles. The molecule has 2 heteroatoms. The quantitative estimate of drug-likeness (QED) is 0.703. The molecule has 0 amide bonds. The number of halogens is 1. The zero-order chi connectivity index (χ0) is 10.7. The smallest absolute Gasteiger partial charge is 0.150 e. The van der Waals surface area contributed by atoms with Gasteiger partial charge in [-0.2, -0.15) is 0 Å². The molecule has 0 N–H and O–H groups in total. The molecule has 0 saturated heterocycles. The van der Waals surface area contributed by atoms with Gasteiger partial charge in [0.25, 0.3) is 0 Å². The first-order valence-corrected chi connectivity index (χ1v) is 5.90. The van der Waals surface area contributed by atoms with E-state index in [1.165, 1.54) is 5.56 Å². The molecule has 0 spiro atoms. The molecule has 0 aromatic heterocycles. The summed E-state index contributed by atoms with van der Waals surface area (Å²) in [6, 6.07) is 10.4. The number of carbonyl (C=O) groups is 1. The van der Waals surface area contributed by atoms with E-state index in [4.69, 9.17) is 11.6 Å². The zero-order valence-corrected chi connectivity index (χ0v) is 9.41. The molecule has 15 heavy (non-hydrogen) atoms. The van der Waals surface area contributed by atoms with Gasteiger partial charge < -0.3 is 0 Å². The highest BCUT2D eigenvalue weighted by Gasteiger charge is 2.26. The maximum atomic E-state index is 11.3. The van der Waals surface area contributed by atoms with Crippen LogP contribution in [-0.2, 0) is 11.2 Å². The molecule has 1 aliphatic carbocycles. The van der Waals surface area contributed by atoms with E-state index < -0.39 is 0 Å². The van der Waals surface area contributed by atoms with Crippen molar-refractivity contribution in [2.75, 3.05) is 0 Å². The van der Waals surface area contributed by atoms with Crippen LogP contribution in [0.2, 0.25) is 0 Å². The summed E-state index contributed by atoms with van der Waals surface area (Å²) in [5.41, 5.74) is 1.35. The Morgan fingerprint density at radius 2 is 2.00 bits per heavy atom. The molecule has 0 radical (unpaired) electrons. The Bertz CT molecular complexity index is 334. The van der Waals surface area contributed by atoms with E-state index in [1.807, 2.05) is 6.07 Å². The van der Waals surface area contributed by atoms with E-state index in [2.05, 4.69) is 24.3 Å². The summed E-state index contributed by atoms with van der Waals surface area (Å²) in [5.74, 6) is 0.800. The van der Waals surface area contributed by atoms with Gasteiger partial charge in [-0.3, -0.25) is 4.79 Å². The predicted molar refractivity (Wildman–Crippen MR) is 62.1 cm³/mol. The van der Waals surface area contributed by atoms with Crippen molar-refractivity contribution in [1.82, 2.24) is 0 Å². The lowest BCUT2D eigenvalue weighted by Crippen LogP contribution is -2.26. The fourth-order valence-corrected chi connectivity index (χ4v) is 2.54. The lowest BCUT2D eigenvalue weighted by Gasteiger charge is -2.24. The Kier molecular flexibility index (Phi) is 3.42. The third-order valence-electron chi connectivity index (χ3n) is 3.06. The highest BCUT2D eigenvalue weighted by atomic mass is 35.5.